The van der Waals surface area contributed by atoms with E-state index in [0.29, 0.717) is 18.5 Å². The topological polar surface area (TPSA) is 118 Å². The number of carbonyl (C=O) groups excluding carboxylic acids is 2. The van der Waals surface area contributed by atoms with Crippen LogP contribution in [-0.2, 0) is 16.4 Å². The molecule has 0 spiro atoms. The average molecular weight is 379 g/mol. The molecule has 0 bridgehead atoms. The molecule has 1 heterocycles. The number of amides is 2. The lowest BCUT2D eigenvalue weighted by molar-refractivity contribution is 0.0910. The van der Waals surface area contributed by atoms with E-state index in [9.17, 15) is 18.0 Å². The molecule has 0 unspecified atom stereocenters. The number of rotatable bonds is 9. The largest absolute Gasteiger partial charge is 0.459 e. The summed E-state index contributed by atoms with van der Waals surface area (Å²) in [5.74, 6) is -0.369. The molecule has 26 heavy (non-hydrogen) atoms. The highest BCUT2D eigenvalue weighted by atomic mass is 32.2. The van der Waals surface area contributed by atoms with Crippen molar-refractivity contribution in [2.75, 3.05) is 25.9 Å². The van der Waals surface area contributed by atoms with Gasteiger partial charge in [0.1, 0.15) is 0 Å². The van der Waals surface area contributed by atoms with Crippen LogP contribution in [0.25, 0.3) is 0 Å². The van der Waals surface area contributed by atoms with Crippen molar-refractivity contribution in [2.45, 2.75) is 6.42 Å². The van der Waals surface area contributed by atoms with Crippen molar-refractivity contribution in [1.82, 2.24) is 15.4 Å². The molecular formula is C17H21N3O5S. The predicted molar refractivity (Wildman–Crippen MR) is 96.4 cm³/mol. The van der Waals surface area contributed by atoms with Gasteiger partial charge in [-0.1, -0.05) is 12.1 Å². The maximum atomic E-state index is 12.0. The normalized spacial score (nSPS) is 11.1. The number of hydrogen-bond donors (Lipinski definition) is 3. The highest BCUT2D eigenvalue weighted by Gasteiger charge is 2.08. The zero-order valence-corrected chi connectivity index (χ0v) is 15.1. The Morgan fingerprint density at radius 2 is 1.62 bits per heavy atom. The minimum absolute atomic E-state index is 0.220. The van der Waals surface area contributed by atoms with E-state index in [1.54, 1.807) is 36.4 Å². The Morgan fingerprint density at radius 1 is 0.962 bits per heavy atom. The van der Waals surface area contributed by atoms with Crippen molar-refractivity contribution in [1.29, 1.82) is 0 Å². The molecule has 9 heteroatoms. The first-order valence-corrected chi connectivity index (χ1v) is 9.88. The minimum Gasteiger partial charge on any atom is -0.459 e. The maximum absolute atomic E-state index is 12.0. The van der Waals surface area contributed by atoms with Crippen LogP contribution in [0, 0.1) is 0 Å². The summed E-state index contributed by atoms with van der Waals surface area (Å²) >= 11 is 0. The molecule has 1 aromatic heterocycles. The molecule has 0 saturated heterocycles. The molecule has 0 aliphatic carbocycles. The van der Waals surface area contributed by atoms with E-state index >= 15 is 0 Å². The van der Waals surface area contributed by atoms with Crippen LogP contribution in [0.4, 0.5) is 0 Å². The van der Waals surface area contributed by atoms with Gasteiger partial charge >= 0.3 is 0 Å². The van der Waals surface area contributed by atoms with Gasteiger partial charge in [0.15, 0.2) is 5.76 Å². The van der Waals surface area contributed by atoms with Gasteiger partial charge in [-0.3, -0.25) is 9.59 Å². The molecular weight excluding hydrogens is 358 g/mol. The van der Waals surface area contributed by atoms with E-state index in [4.69, 9.17) is 4.42 Å². The zero-order chi connectivity index (χ0) is 19.0. The third-order valence-corrected chi connectivity index (χ3v) is 4.16. The summed E-state index contributed by atoms with van der Waals surface area (Å²) in [6.45, 7) is 0.867. The highest BCUT2D eigenvalue weighted by Crippen LogP contribution is 2.05. The van der Waals surface area contributed by atoms with Crippen molar-refractivity contribution in [2.24, 2.45) is 0 Å². The van der Waals surface area contributed by atoms with Gasteiger partial charge in [-0.15, -0.1) is 0 Å². The van der Waals surface area contributed by atoms with Crippen LogP contribution in [0.1, 0.15) is 26.5 Å². The molecule has 3 N–H and O–H groups in total. The minimum atomic E-state index is -3.20. The third kappa shape index (κ3) is 6.69. The van der Waals surface area contributed by atoms with Crippen molar-refractivity contribution in [3.8, 4) is 0 Å². The second-order valence-corrected chi connectivity index (χ2v) is 7.44. The highest BCUT2D eigenvalue weighted by molar-refractivity contribution is 7.88. The number of hydrogen-bond acceptors (Lipinski definition) is 5. The Balaban J connectivity index is 1.71. The van der Waals surface area contributed by atoms with Crippen molar-refractivity contribution in [3.05, 3.63) is 59.5 Å². The van der Waals surface area contributed by atoms with Gasteiger partial charge in [-0.25, -0.2) is 13.1 Å². The zero-order valence-electron chi connectivity index (χ0n) is 14.3. The lowest BCUT2D eigenvalue weighted by atomic mass is 10.1. The van der Waals surface area contributed by atoms with Crippen LogP contribution >= 0.6 is 0 Å². The molecule has 0 aliphatic heterocycles. The molecule has 0 aliphatic rings. The predicted octanol–water partition coefficient (Wildman–Crippen LogP) is 0.531. The smallest absolute Gasteiger partial charge is 0.287 e. The molecule has 8 nitrogen and oxygen atoms in total. The van der Waals surface area contributed by atoms with Gasteiger partial charge in [0.05, 0.1) is 12.5 Å². The molecule has 2 aromatic rings. The lowest BCUT2D eigenvalue weighted by Crippen LogP contribution is -2.34. The van der Waals surface area contributed by atoms with Gasteiger partial charge < -0.3 is 15.1 Å². The number of sulfonamides is 1. The number of nitrogens with one attached hydrogen (secondary N) is 3. The molecule has 0 saturated carbocycles. The van der Waals surface area contributed by atoms with Gasteiger partial charge in [0.25, 0.3) is 11.8 Å². The summed E-state index contributed by atoms with van der Waals surface area (Å²) in [6, 6.07) is 10.1. The van der Waals surface area contributed by atoms with E-state index in [2.05, 4.69) is 15.4 Å². The summed E-state index contributed by atoms with van der Waals surface area (Å²) in [6.07, 6.45) is 3.06. The molecule has 2 amide bonds. The Morgan fingerprint density at radius 3 is 2.19 bits per heavy atom. The summed E-state index contributed by atoms with van der Waals surface area (Å²) in [7, 11) is -3.20. The number of furan rings is 1. The van der Waals surface area contributed by atoms with Crippen molar-refractivity contribution in [3.63, 3.8) is 0 Å². The van der Waals surface area contributed by atoms with Gasteiger partial charge in [0, 0.05) is 25.2 Å². The van der Waals surface area contributed by atoms with Crippen LogP contribution in [0.2, 0.25) is 0 Å². The van der Waals surface area contributed by atoms with Crippen LogP contribution < -0.4 is 15.4 Å². The fourth-order valence-corrected chi connectivity index (χ4v) is 2.63. The number of carbonyl (C=O) groups is 2. The molecule has 0 fully saturated rings. The quantitative estimate of drug-likeness (QED) is 0.550. The Hall–Kier alpha value is -2.65. The first-order chi connectivity index (χ1) is 12.3. The SMILES string of the molecule is CS(=O)(=O)NCCc1ccc(C(=O)NCCNC(=O)c2ccco2)cc1. The summed E-state index contributed by atoms with van der Waals surface area (Å²) in [4.78, 5) is 23.7. The van der Waals surface area contributed by atoms with Crippen molar-refractivity contribution >= 4 is 21.8 Å². The summed E-state index contributed by atoms with van der Waals surface area (Å²) < 4.78 is 29.4. The third-order valence-electron chi connectivity index (χ3n) is 3.44. The molecule has 0 radical (unpaired) electrons. The van der Waals surface area contributed by atoms with Crippen LogP contribution in [0.3, 0.4) is 0 Å². The first kappa shape index (κ1) is 19.7. The lowest BCUT2D eigenvalue weighted by Gasteiger charge is -2.07. The monoisotopic (exact) mass is 379 g/mol. The van der Waals surface area contributed by atoms with Crippen LogP contribution in [-0.4, -0.2) is 46.1 Å². The fourth-order valence-electron chi connectivity index (χ4n) is 2.15. The Bertz CT molecular complexity index is 830. The van der Waals surface area contributed by atoms with Crippen molar-refractivity contribution < 1.29 is 22.4 Å². The average Bonchev–Trinajstić information content (AvgIpc) is 3.12. The maximum Gasteiger partial charge on any atom is 0.287 e. The van der Waals surface area contributed by atoms with E-state index in [1.165, 1.54) is 6.26 Å². The number of benzene rings is 1. The molecule has 1 aromatic carbocycles. The first-order valence-electron chi connectivity index (χ1n) is 7.98. The van der Waals surface area contributed by atoms with E-state index in [1.807, 2.05) is 0 Å². The summed E-state index contributed by atoms with van der Waals surface area (Å²) in [5.41, 5.74) is 1.41. The molecule has 2 rings (SSSR count). The van der Waals surface area contributed by atoms with E-state index in [0.717, 1.165) is 11.8 Å². The Labute approximate surface area is 152 Å². The van der Waals surface area contributed by atoms with E-state index in [-0.39, 0.29) is 30.7 Å². The Kier molecular flexibility index (Phi) is 6.93. The van der Waals surface area contributed by atoms with Gasteiger partial charge in [-0.05, 0) is 36.2 Å². The fraction of sp³-hybridized carbons (Fsp3) is 0.294. The summed E-state index contributed by atoms with van der Waals surface area (Å²) in [5, 5.41) is 5.34. The van der Waals surface area contributed by atoms with Crippen LogP contribution in [0.5, 0.6) is 0 Å². The standard InChI is InChI=1S/C17H21N3O5S/c1-26(23,24)20-9-8-13-4-6-14(7-5-13)16(21)18-10-11-19-17(22)15-3-2-12-25-15/h2-7,12,20H,8-11H2,1H3,(H,18,21)(H,19,22). The molecule has 140 valence electrons. The van der Waals surface area contributed by atoms with Gasteiger partial charge in [0.2, 0.25) is 10.0 Å². The second kappa shape index (κ2) is 9.16. The van der Waals surface area contributed by atoms with Gasteiger partial charge in [-0.2, -0.15) is 0 Å². The van der Waals surface area contributed by atoms with Crippen LogP contribution in [0.15, 0.2) is 47.1 Å². The molecule has 0 atom stereocenters. The van der Waals surface area contributed by atoms with E-state index < -0.39 is 10.0 Å². The second-order valence-electron chi connectivity index (χ2n) is 5.60.